The lowest BCUT2D eigenvalue weighted by atomic mass is 10.1. The molecule has 6 nitrogen and oxygen atoms in total. The molecule has 0 aliphatic carbocycles. The Balaban J connectivity index is 1.90. The molecule has 0 bridgehead atoms. The topological polar surface area (TPSA) is 73.7 Å². The maximum atomic E-state index is 12.3. The first-order chi connectivity index (χ1) is 9.95. The minimum absolute atomic E-state index is 0.0637. The zero-order valence-electron chi connectivity index (χ0n) is 12.5. The number of hydrogen-bond donors (Lipinski definition) is 1. The van der Waals surface area contributed by atoms with E-state index in [9.17, 15) is 9.59 Å². The highest BCUT2D eigenvalue weighted by molar-refractivity contribution is 5.74. The van der Waals surface area contributed by atoms with Gasteiger partial charge in [0.1, 0.15) is 0 Å². The van der Waals surface area contributed by atoms with Crippen molar-refractivity contribution in [3.63, 3.8) is 0 Å². The van der Waals surface area contributed by atoms with Crippen LogP contribution in [0.4, 0.5) is 4.79 Å². The van der Waals surface area contributed by atoms with Gasteiger partial charge in [0.2, 0.25) is 0 Å². The predicted octanol–water partition coefficient (Wildman–Crippen LogP) is 1.74. The van der Waals surface area contributed by atoms with Crippen LogP contribution in [0, 0.1) is 12.8 Å². The van der Waals surface area contributed by atoms with Crippen molar-refractivity contribution in [1.29, 1.82) is 0 Å². The average Bonchev–Trinajstić information content (AvgIpc) is 2.85. The number of aromatic nitrogens is 1. The van der Waals surface area contributed by atoms with E-state index in [2.05, 4.69) is 4.98 Å². The third-order valence-electron chi connectivity index (χ3n) is 3.69. The van der Waals surface area contributed by atoms with Crippen molar-refractivity contribution >= 4 is 12.0 Å². The van der Waals surface area contributed by atoms with Crippen LogP contribution in [-0.4, -0.2) is 52.0 Å². The van der Waals surface area contributed by atoms with E-state index in [-0.39, 0.29) is 18.4 Å². The molecule has 0 saturated carbocycles. The Kier molecular flexibility index (Phi) is 4.77. The molecule has 1 saturated heterocycles. The van der Waals surface area contributed by atoms with E-state index in [1.165, 1.54) is 0 Å². The summed E-state index contributed by atoms with van der Waals surface area (Å²) < 4.78 is 0. The third-order valence-corrected chi connectivity index (χ3v) is 3.69. The summed E-state index contributed by atoms with van der Waals surface area (Å²) in [5.41, 5.74) is 1.78. The van der Waals surface area contributed by atoms with E-state index in [0.717, 1.165) is 17.8 Å². The summed E-state index contributed by atoms with van der Waals surface area (Å²) in [5, 5.41) is 8.81. The van der Waals surface area contributed by atoms with Gasteiger partial charge in [0.05, 0.1) is 12.2 Å². The number of amides is 2. The van der Waals surface area contributed by atoms with Crippen LogP contribution >= 0.6 is 0 Å². The first kappa shape index (κ1) is 15.3. The molecule has 0 radical (unpaired) electrons. The molecule has 1 aromatic rings. The molecule has 1 fully saturated rings. The lowest BCUT2D eigenvalue weighted by Crippen LogP contribution is -2.39. The molecule has 2 rings (SSSR count). The van der Waals surface area contributed by atoms with E-state index in [0.29, 0.717) is 19.6 Å². The molecule has 1 unspecified atom stereocenters. The van der Waals surface area contributed by atoms with Gasteiger partial charge in [-0.15, -0.1) is 0 Å². The van der Waals surface area contributed by atoms with Crippen LogP contribution in [0.2, 0.25) is 0 Å². The molecule has 2 amide bonds. The van der Waals surface area contributed by atoms with Gasteiger partial charge in [-0.1, -0.05) is 6.07 Å². The normalized spacial score (nSPS) is 17.8. The largest absolute Gasteiger partial charge is 0.481 e. The highest BCUT2D eigenvalue weighted by atomic mass is 16.4. The smallest absolute Gasteiger partial charge is 0.320 e. The molecule has 114 valence electrons. The van der Waals surface area contributed by atoms with E-state index in [1.54, 1.807) is 16.8 Å². The predicted molar refractivity (Wildman–Crippen MR) is 77.8 cm³/mol. The summed E-state index contributed by atoms with van der Waals surface area (Å²) in [5.74, 6) is -0.733. The fourth-order valence-electron chi connectivity index (χ4n) is 2.66. The maximum absolute atomic E-state index is 12.3. The first-order valence-corrected chi connectivity index (χ1v) is 7.10. The summed E-state index contributed by atoms with van der Waals surface area (Å²) >= 11 is 0. The van der Waals surface area contributed by atoms with Crippen molar-refractivity contribution in [2.24, 2.45) is 5.92 Å². The lowest BCUT2D eigenvalue weighted by molar-refractivity contribution is -0.138. The van der Waals surface area contributed by atoms with Gasteiger partial charge >= 0.3 is 12.0 Å². The summed E-state index contributed by atoms with van der Waals surface area (Å²) in [6.07, 6.45) is 0.890. The quantitative estimate of drug-likeness (QED) is 0.917. The summed E-state index contributed by atoms with van der Waals surface area (Å²) in [6.45, 7) is 3.53. The summed E-state index contributed by atoms with van der Waals surface area (Å²) in [6, 6.07) is 5.68. The number of aryl methyl sites for hydroxylation is 1. The number of carbonyl (C=O) groups is 2. The van der Waals surface area contributed by atoms with Crippen LogP contribution in [0.1, 0.15) is 24.2 Å². The zero-order chi connectivity index (χ0) is 15.4. The van der Waals surface area contributed by atoms with Crippen molar-refractivity contribution in [3.8, 4) is 0 Å². The molecule has 1 N–H and O–H groups in total. The van der Waals surface area contributed by atoms with Crippen molar-refractivity contribution in [3.05, 3.63) is 29.6 Å². The molecular formula is C15H21N3O3. The van der Waals surface area contributed by atoms with Crippen LogP contribution < -0.4 is 0 Å². The molecule has 1 aliphatic heterocycles. The Labute approximate surface area is 124 Å². The van der Waals surface area contributed by atoms with Gasteiger partial charge < -0.3 is 14.9 Å². The van der Waals surface area contributed by atoms with Gasteiger partial charge in [-0.05, 0) is 31.4 Å². The Bertz CT molecular complexity index is 533. The van der Waals surface area contributed by atoms with Gasteiger partial charge in [0.15, 0.2) is 0 Å². The van der Waals surface area contributed by atoms with E-state index >= 15 is 0 Å². The van der Waals surface area contributed by atoms with E-state index in [4.69, 9.17) is 5.11 Å². The van der Waals surface area contributed by atoms with E-state index in [1.807, 2.05) is 25.1 Å². The number of likely N-dealkylation sites (tertiary alicyclic amines) is 1. The summed E-state index contributed by atoms with van der Waals surface area (Å²) in [4.78, 5) is 30.8. The third kappa shape index (κ3) is 4.18. The number of urea groups is 1. The van der Waals surface area contributed by atoms with E-state index < -0.39 is 5.97 Å². The monoisotopic (exact) mass is 291 g/mol. The number of carboxylic acids is 1. The van der Waals surface area contributed by atoms with Gasteiger partial charge in [-0.25, -0.2) is 4.79 Å². The van der Waals surface area contributed by atoms with Crippen molar-refractivity contribution in [2.45, 2.75) is 26.3 Å². The number of hydrogen-bond acceptors (Lipinski definition) is 3. The summed E-state index contributed by atoms with van der Waals surface area (Å²) in [7, 11) is 1.75. The molecular weight excluding hydrogens is 270 g/mol. The fourth-order valence-corrected chi connectivity index (χ4v) is 2.66. The fraction of sp³-hybridized carbons (Fsp3) is 0.533. The molecule has 1 atom stereocenters. The first-order valence-electron chi connectivity index (χ1n) is 7.10. The standard InChI is InChI=1S/C15H21N3O3/c1-11-4-3-5-13(16-11)10-17(2)15(21)18-7-6-12(9-18)8-14(19)20/h3-5,12H,6-10H2,1-2H3,(H,19,20). The second-order valence-electron chi connectivity index (χ2n) is 5.61. The SMILES string of the molecule is Cc1cccc(CN(C)C(=O)N2CCC(CC(=O)O)C2)n1. The van der Waals surface area contributed by atoms with Crippen molar-refractivity contribution in [1.82, 2.24) is 14.8 Å². The zero-order valence-corrected chi connectivity index (χ0v) is 12.5. The molecule has 2 heterocycles. The number of aliphatic carboxylic acids is 1. The number of nitrogens with zero attached hydrogens (tertiary/aromatic N) is 3. The maximum Gasteiger partial charge on any atom is 0.320 e. The van der Waals surface area contributed by atoms with Crippen molar-refractivity contribution in [2.75, 3.05) is 20.1 Å². The van der Waals surface area contributed by atoms with Gasteiger partial charge in [0, 0.05) is 32.3 Å². The van der Waals surface area contributed by atoms with Crippen LogP contribution in [0.25, 0.3) is 0 Å². The number of pyridine rings is 1. The Morgan fingerprint density at radius 3 is 2.90 bits per heavy atom. The second-order valence-corrected chi connectivity index (χ2v) is 5.61. The second kappa shape index (κ2) is 6.56. The van der Waals surface area contributed by atoms with Crippen LogP contribution in [0.3, 0.4) is 0 Å². The Morgan fingerprint density at radius 2 is 2.24 bits per heavy atom. The highest BCUT2D eigenvalue weighted by Gasteiger charge is 2.29. The number of carboxylic acid groups (broad SMARTS) is 1. The van der Waals surface area contributed by atoms with Gasteiger partial charge in [-0.2, -0.15) is 0 Å². The minimum Gasteiger partial charge on any atom is -0.481 e. The highest BCUT2D eigenvalue weighted by Crippen LogP contribution is 2.20. The molecule has 0 aromatic carbocycles. The molecule has 21 heavy (non-hydrogen) atoms. The Hall–Kier alpha value is -2.11. The number of rotatable bonds is 4. The molecule has 1 aliphatic rings. The van der Waals surface area contributed by atoms with Gasteiger partial charge in [-0.3, -0.25) is 9.78 Å². The van der Waals surface area contributed by atoms with Crippen LogP contribution in [0.15, 0.2) is 18.2 Å². The van der Waals surface area contributed by atoms with Crippen LogP contribution in [0.5, 0.6) is 0 Å². The number of carbonyl (C=O) groups excluding carboxylic acids is 1. The minimum atomic E-state index is -0.799. The molecule has 1 aromatic heterocycles. The lowest BCUT2D eigenvalue weighted by Gasteiger charge is -2.24. The van der Waals surface area contributed by atoms with Crippen LogP contribution in [-0.2, 0) is 11.3 Å². The molecule has 6 heteroatoms. The molecule has 0 spiro atoms. The Morgan fingerprint density at radius 1 is 1.48 bits per heavy atom. The van der Waals surface area contributed by atoms with Crippen molar-refractivity contribution < 1.29 is 14.7 Å². The average molecular weight is 291 g/mol. The van der Waals surface area contributed by atoms with Gasteiger partial charge in [0.25, 0.3) is 0 Å².